The van der Waals surface area contributed by atoms with E-state index in [4.69, 9.17) is 15.1 Å². The second-order valence-corrected chi connectivity index (χ2v) is 7.22. The molecule has 1 aliphatic rings. The smallest absolute Gasteiger partial charge is 0.229 e. The lowest BCUT2D eigenvalue weighted by molar-refractivity contribution is 0.601. The SMILES string of the molecule is CC(C)Cc1nc2oc3c(NCCN)ncnc3c2c2c1CCCC2. The normalized spacial score (nSPS) is 14.4. The van der Waals surface area contributed by atoms with Crippen LogP contribution in [0.25, 0.3) is 22.2 Å². The van der Waals surface area contributed by atoms with Crippen molar-refractivity contribution >= 4 is 28.0 Å². The second-order valence-electron chi connectivity index (χ2n) is 7.22. The molecule has 0 aliphatic heterocycles. The van der Waals surface area contributed by atoms with Crippen LogP contribution in [0.15, 0.2) is 10.7 Å². The van der Waals surface area contributed by atoms with Gasteiger partial charge in [0.2, 0.25) is 5.71 Å². The number of nitrogens with one attached hydrogen (secondary N) is 1. The van der Waals surface area contributed by atoms with Gasteiger partial charge in [-0.05, 0) is 49.1 Å². The van der Waals surface area contributed by atoms with Gasteiger partial charge in [0, 0.05) is 18.8 Å². The van der Waals surface area contributed by atoms with E-state index in [1.54, 1.807) is 6.33 Å². The first-order valence-corrected chi connectivity index (χ1v) is 9.20. The van der Waals surface area contributed by atoms with Gasteiger partial charge in [0.15, 0.2) is 11.4 Å². The van der Waals surface area contributed by atoms with Gasteiger partial charge in [-0.2, -0.15) is 0 Å². The molecule has 4 rings (SSSR count). The summed E-state index contributed by atoms with van der Waals surface area (Å²) in [5.41, 5.74) is 11.9. The molecule has 6 heteroatoms. The van der Waals surface area contributed by atoms with Crippen LogP contribution >= 0.6 is 0 Å². The Balaban J connectivity index is 1.97. The zero-order valence-electron chi connectivity index (χ0n) is 14.9. The molecule has 0 atom stereocenters. The molecule has 0 fully saturated rings. The third-order valence-corrected chi connectivity index (χ3v) is 4.85. The van der Waals surface area contributed by atoms with Crippen LogP contribution in [0.3, 0.4) is 0 Å². The molecule has 3 heterocycles. The van der Waals surface area contributed by atoms with Crippen molar-refractivity contribution in [1.29, 1.82) is 0 Å². The maximum Gasteiger partial charge on any atom is 0.229 e. The lowest BCUT2D eigenvalue weighted by atomic mass is 9.87. The minimum Gasteiger partial charge on any atom is -0.432 e. The van der Waals surface area contributed by atoms with E-state index in [0.29, 0.717) is 36.1 Å². The number of rotatable bonds is 5. The van der Waals surface area contributed by atoms with Gasteiger partial charge >= 0.3 is 0 Å². The first-order valence-electron chi connectivity index (χ1n) is 9.20. The van der Waals surface area contributed by atoms with Crippen LogP contribution < -0.4 is 11.1 Å². The predicted molar refractivity (Wildman–Crippen MR) is 99.8 cm³/mol. The van der Waals surface area contributed by atoms with Crippen LogP contribution in [0.2, 0.25) is 0 Å². The van der Waals surface area contributed by atoms with E-state index in [0.717, 1.165) is 30.2 Å². The first kappa shape index (κ1) is 16.3. The van der Waals surface area contributed by atoms with Crippen LogP contribution in [0.5, 0.6) is 0 Å². The summed E-state index contributed by atoms with van der Waals surface area (Å²) in [6.45, 7) is 5.66. The third-order valence-electron chi connectivity index (χ3n) is 4.85. The molecule has 0 bridgehead atoms. The average molecular weight is 339 g/mol. The molecule has 132 valence electrons. The summed E-state index contributed by atoms with van der Waals surface area (Å²) in [6, 6.07) is 0. The van der Waals surface area contributed by atoms with Crippen LogP contribution in [-0.2, 0) is 19.3 Å². The molecular formula is C19H25N5O. The fourth-order valence-electron chi connectivity index (χ4n) is 3.81. The Kier molecular flexibility index (Phi) is 4.29. The third kappa shape index (κ3) is 2.84. The summed E-state index contributed by atoms with van der Waals surface area (Å²) in [5, 5.41) is 4.31. The summed E-state index contributed by atoms with van der Waals surface area (Å²) in [4.78, 5) is 13.7. The van der Waals surface area contributed by atoms with Crippen molar-refractivity contribution in [2.75, 3.05) is 18.4 Å². The number of nitrogens with two attached hydrogens (primary N) is 1. The highest BCUT2D eigenvalue weighted by molar-refractivity contribution is 6.06. The highest BCUT2D eigenvalue weighted by Crippen LogP contribution is 2.37. The van der Waals surface area contributed by atoms with E-state index in [-0.39, 0.29) is 0 Å². The van der Waals surface area contributed by atoms with Gasteiger partial charge in [0.05, 0.1) is 5.39 Å². The average Bonchev–Trinajstić information content (AvgIpc) is 2.98. The summed E-state index contributed by atoms with van der Waals surface area (Å²) >= 11 is 0. The molecule has 3 aromatic rings. The number of fused-ring (bicyclic) bond motifs is 5. The van der Waals surface area contributed by atoms with Crippen molar-refractivity contribution in [2.24, 2.45) is 11.7 Å². The summed E-state index contributed by atoms with van der Waals surface area (Å²) < 4.78 is 6.13. The van der Waals surface area contributed by atoms with Gasteiger partial charge in [-0.3, -0.25) is 0 Å². The molecule has 3 N–H and O–H groups in total. The quantitative estimate of drug-likeness (QED) is 0.742. The van der Waals surface area contributed by atoms with Crippen LogP contribution in [0.1, 0.15) is 43.5 Å². The number of nitrogens with zero attached hydrogens (tertiary/aromatic N) is 3. The van der Waals surface area contributed by atoms with Gasteiger partial charge in [-0.15, -0.1) is 0 Å². The number of hydrogen-bond donors (Lipinski definition) is 2. The summed E-state index contributed by atoms with van der Waals surface area (Å²) in [5.74, 6) is 1.27. The number of pyridine rings is 1. The molecule has 6 nitrogen and oxygen atoms in total. The van der Waals surface area contributed by atoms with Crippen molar-refractivity contribution in [1.82, 2.24) is 15.0 Å². The van der Waals surface area contributed by atoms with Crippen molar-refractivity contribution in [2.45, 2.75) is 46.0 Å². The zero-order valence-corrected chi connectivity index (χ0v) is 14.9. The number of aryl methyl sites for hydroxylation is 1. The van der Waals surface area contributed by atoms with E-state index in [1.165, 1.54) is 29.7 Å². The minimum atomic E-state index is 0.540. The topological polar surface area (TPSA) is 89.9 Å². The molecular weight excluding hydrogens is 314 g/mol. The standard InChI is InChI=1S/C19H25N5O/c1-11(2)9-14-12-5-3-4-6-13(12)15-16-17(25-19(15)24-14)18(21-8-7-20)23-10-22-16/h10-11H,3-9,20H2,1-2H3,(H,21,22,23). The Morgan fingerprint density at radius 3 is 2.76 bits per heavy atom. The van der Waals surface area contributed by atoms with Crippen molar-refractivity contribution < 1.29 is 4.42 Å². The Morgan fingerprint density at radius 2 is 2.00 bits per heavy atom. The lowest BCUT2D eigenvalue weighted by Gasteiger charge is -2.20. The van der Waals surface area contributed by atoms with Gasteiger partial charge in [-0.1, -0.05) is 13.8 Å². The number of hydrogen-bond acceptors (Lipinski definition) is 6. The Labute approximate surface area is 147 Å². The molecule has 0 aromatic carbocycles. The summed E-state index contributed by atoms with van der Waals surface area (Å²) in [6.07, 6.45) is 7.20. The monoisotopic (exact) mass is 339 g/mol. The van der Waals surface area contributed by atoms with Gasteiger partial charge in [0.25, 0.3) is 0 Å². The fourth-order valence-corrected chi connectivity index (χ4v) is 3.81. The fraction of sp³-hybridized carbons (Fsp3) is 0.526. The van der Waals surface area contributed by atoms with Crippen molar-refractivity contribution in [3.8, 4) is 0 Å². The van der Waals surface area contributed by atoms with E-state index >= 15 is 0 Å². The van der Waals surface area contributed by atoms with E-state index < -0.39 is 0 Å². The lowest BCUT2D eigenvalue weighted by Crippen LogP contribution is -2.14. The molecule has 0 amide bonds. The maximum absolute atomic E-state index is 6.13. The second kappa shape index (κ2) is 6.59. The highest BCUT2D eigenvalue weighted by Gasteiger charge is 2.24. The van der Waals surface area contributed by atoms with Crippen molar-refractivity contribution in [3.63, 3.8) is 0 Å². The number of furan rings is 1. The number of aromatic nitrogens is 3. The Bertz CT molecular complexity index is 915. The maximum atomic E-state index is 6.13. The largest absolute Gasteiger partial charge is 0.432 e. The molecule has 0 spiro atoms. The minimum absolute atomic E-state index is 0.540. The van der Waals surface area contributed by atoms with E-state index in [9.17, 15) is 0 Å². The molecule has 25 heavy (non-hydrogen) atoms. The Hall–Kier alpha value is -2.21. The summed E-state index contributed by atoms with van der Waals surface area (Å²) in [7, 11) is 0. The Morgan fingerprint density at radius 1 is 1.20 bits per heavy atom. The van der Waals surface area contributed by atoms with Crippen LogP contribution in [0.4, 0.5) is 5.82 Å². The first-order chi connectivity index (χ1) is 12.2. The van der Waals surface area contributed by atoms with Gasteiger partial charge in [-0.25, -0.2) is 15.0 Å². The molecule has 0 saturated heterocycles. The molecule has 0 saturated carbocycles. The number of anilines is 1. The van der Waals surface area contributed by atoms with E-state index in [1.807, 2.05) is 0 Å². The van der Waals surface area contributed by atoms with Crippen LogP contribution in [-0.4, -0.2) is 28.0 Å². The molecule has 1 aliphatic carbocycles. The zero-order chi connectivity index (χ0) is 17.4. The molecule has 3 aromatic heterocycles. The molecule has 0 unspecified atom stereocenters. The van der Waals surface area contributed by atoms with Gasteiger partial charge < -0.3 is 15.5 Å². The van der Waals surface area contributed by atoms with Crippen LogP contribution in [0, 0.1) is 5.92 Å². The highest BCUT2D eigenvalue weighted by atomic mass is 16.3. The van der Waals surface area contributed by atoms with Crippen molar-refractivity contribution in [3.05, 3.63) is 23.1 Å². The predicted octanol–water partition coefficient (Wildman–Crippen LogP) is 3.22. The van der Waals surface area contributed by atoms with E-state index in [2.05, 4.69) is 29.1 Å². The molecule has 0 radical (unpaired) electrons. The van der Waals surface area contributed by atoms with Gasteiger partial charge in [0.1, 0.15) is 11.8 Å².